The van der Waals surface area contributed by atoms with Crippen molar-refractivity contribution in [1.82, 2.24) is 14.5 Å². The molecule has 0 bridgehead atoms. The first-order valence-electron chi connectivity index (χ1n) is 9.42. The van der Waals surface area contributed by atoms with Gasteiger partial charge in [0.25, 0.3) is 11.7 Å². The van der Waals surface area contributed by atoms with Crippen LogP contribution in [0.3, 0.4) is 0 Å². The van der Waals surface area contributed by atoms with Gasteiger partial charge in [0, 0.05) is 39.9 Å². The van der Waals surface area contributed by atoms with E-state index < -0.39 is 29.1 Å². The van der Waals surface area contributed by atoms with Crippen molar-refractivity contribution in [3.63, 3.8) is 0 Å². The number of nitrogens with zero attached hydrogens (tertiary/aromatic N) is 3. The number of benzene rings is 2. The van der Waals surface area contributed by atoms with Gasteiger partial charge in [0.1, 0.15) is 5.69 Å². The zero-order valence-corrected chi connectivity index (χ0v) is 18.0. The maximum absolute atomic E-state index is 14.3. The van der Waals surface area contributed by atoms with Crippen LogP contribution < -0.4 is 5.32 Å². The van der Waals surface area contributed by atoms with Crippen molar-refractivity contribution in [2.45, 2.75) is 12.7 Å². The van der Waals surface area contributed by atoms with Gasteiger partial charge in [-0.25, -0.2) is 9.97 Å². The second-order valence-electron chi connectivity index (χ2n) is 6.92. The number of carbonyl (C=O) groups excluding carboxylic acids is 2. The van der Waals surface area contributed by atoms with Crippen molar-refractivity contribution in [3.8, 4) is 0 Å². The second kappa shape index (κ2) is 8.84. The Hall–Kier alpha value is -3.43. The Bertz CT molecular complexity index is 1370. The van der Waals surface area contributed by atoms with Crippen molar-refractivity contribution < 1.29 is 22.8 Å². The Balaban J connectivity index is 1.87. The number of carbonyl (C=O) groups is 2. The molecule has 2 aromatic heterocycles. The number of nitrogens with one attached hydrogen (secondary N) is 1. The number of rotatable bonds is 5. The van der Waals surface area contributed by atoms with E-state index in [4.69, 9.17) is 23.2 Å². The van der Waals surface area contributed by atoms with E-state index in [1.165, 1.54) is 60.9 Å². The van der Waals surface area contributed by atoms with Crippen LogP contribution in [0.4, 0.5) is 19.1 Å². The molecule has 4 rings (SSSR count). The Morgan fingerprint density at radius 2 is 1.70 bits per heavy atom. The predicted octanol–water partition coefficient (Wildman–Crippen LogP) is 5.63. The van der Waals surface area contributed by atoms with E-state index in [0.29, 0.717) is 10.6 Å². The smallest absolute Gasteiger partial charge is 0.332 e. The van der Waals surface area contributed by atoms with E-state index in [0.717, 1.165) is 4.57 Å². The fraction of sp³-hybridized carbons (Fsp3) is 0.0909. The van der Waals surface area contributed by atoms with Gasteiger partial charge in [-0.15, -0.1) is 0 Å². The maximum atomic E-state index is 14.3. The summed E-state index contributed by atoms with van der Waals surface area (Å²) in [4.78, 5) is 33.0. The minimum atomic E-state index is -4.95. The zero-order chi connectivity index (χ0) is 23.8. The van der Waals surface area contributed by atoms with Gasteiger partial charge in [0.05, 0.1) is 5.56 Å². The molecule has 1 N–H and O–H groups in total. The first kappa shape index (κ1) is 22.8. The minimum Gasteiger partial charge on any atom is -0.332 e. The van der Waals surface area contributed by atoms with Crippen LogP contribution in [0.2, 0.25) is 10.0 Å². The van der Waals surface area contributed by atoms with Crippen molar-refractivity contribution in [3.05, 3.63) is 87.8 Å². The number of fused-ring (bicyclic) bond motifs is 1. The number of para-hydroxylation sites is 1. The molecule has 4 aromatic rings. The van der Waals surface area contributed by atoms with Crippen LogP contribution in [0.1, 0.15) is 21.6 Å². The molecule has 0 spiro atoms. The average molecular weight is 493 g/mol. The number of ketones is 1. The molecule has 0 unspecified atom stereocenters. The molecule has 0 aliphatic rings. The molecular weight excluding hydrogens is 480 g/mol. The number of anilines is 1. The SMILES string of the molecule is O=C(Nc1ncccn1)C(=O)c1c(C(F)(F)F)n(Cc2ccc(Cl)cc2Cl)c2ccccc12. The van der Waals surface area contributed by atoms with Crippen LogP contribution in [-0.2, 0) is 17.5 Å². The molecule has 11 heteroatoms. The van der Waals surface area contributed by atoms with E-state index in [2.05, 4.69) is 15.3 Å². The van der Waals surface area contributed by atoms with Gasteiger partial charge in [0.15, 0.2) is 0 Å². The average Bonchev–Trinajstić information content (AvgIpc) is 3.10. The lowest BCUT2D eigenvalue weighted by atomic mass is 10.1. The number of aromatic nitrogens is 3. The third-order valence-corrected chi connectivity index (χ3v) is 5.39. The van der Waals surface area contributed by atoms with Crippen molar-refractivity contribution in [2.24, 2.45) is 0 Å². The molecule has 0 atom stereocenters. The molecule has 0 saturated heterocycles. The summed E-state index contributed by atoms with van der Waals surface area (Å²) in [7, 11) is 0. The molecule has 33 heavy (non-hydrogen) atoms. The summed E-state index contributed by atoms with van der Waals surface area (Å²) in [6, 6.07) is 11.7. The molecular formula is C22H13Cl2F3N4O2. The van der Waals surface area contributed by atoms with Gasteiger partial charge >= 0.3 is 6.18 Å². The van der Waals surface area contributed by atoms with Gasteiger partial charge in [0.2, 0.25) is 5.95 Å². The zero-order valence-electron chi connectivity index (χ0n) is 16.5. The van der Waals surface area contributed by atoms with Gasteiger partial charge in [-0.05, 0) is 29.8 Å². The summed E-state index contributed by atoms with van der Waals surface area (Å²) in [6.07, 6.45) is -2.32. The lowest BCUT2D eigenvalue weighted by Gasteiger charge is -2.15. The Labute approximate surface area is 195 Å². The van der Waals surface area contributed by atoms with Crippen molar-refractivity contribution in [1.29, 1.82) is 0 Å². The Morgan fingerprint density at radius 1 is 1.00 bits per heavy atom. The molecule has 0 saturated carbocycles. The Kier molecular flexibility index (Phi) is 6.09. The van der Waals surface area contributed by atoms with Gasteiger partial charge in [-0.2, -0.15) is 13.2 Å². The number of halogens is 5. The number of amides is 1. The fourth-order valence-corrected chi connectivity index (χ4v) is 3.92. The maximum Gasteiger partial charge on any atom is 0.432 e. The van der Waals surface area contributed by atoms with E-state index in [1.807, 2.05) is 0 Å². The third-order valence-electron chi connectivity index (χ3n) is 4.81. The second-order valence-corrected chi connectivity index (χ2v) is 7.76. The van der Waals surface area contributed by atoms with Crippen LogP contribution >= 0.6 is 23.2 Å². The molecule has 2 aromatic carbocycles. The third kappa shape index (κ3) is 4.55. The van der Waals surface area contributed by atoms with Crippen molar-refractivity contribution >= 4 is 51.7 Å². The number of hydrogen-bond acceptors (Lipinski definition) is 4. The van der Waals surface area contributed by atoms with Gasteiger partial charge in [-0.3, -0.25) is 14.9 Å². The topological polar surface area (TPSA) is 76.9 Å². The number of alkyl halides is 3. The molecule has 0 aliphatic carbocycles. The monoisotopic (exact) mass is 492 g/mol. The van der Waals surface area contributed by atoms with E-state index >= 15 is 0 Å². The highest BCUT2D eigenvalue weighted by molar-refractivity contribution is 6.48. The quantitative estimate of drug-likeness (QED) is 0.289. The summed E-state index contributed by atoms with van der Waals surface area (Å²) >= 11 is 12.1. The highest BCUT2D eigenvalue weighted by Crippen LogP contribution is 2.39. The molecule has 0 fully saturated rings. The summed E-state index contributed by atoms with van der Waals surface area (Å²) in [5, 5.41) is 2.60. The first-order chi connectivity index (χ1) is 15.7. The number of hydrogen-bond donors (Lipinski definition) is 1. The van der Waals surface area contributed by atoms with Crippen LogP contribution in [0, 0.1) is 0 Å². The Morgan fingerprint density at radius 3 is 2.36 bits per heavy atom. The molecule has 0 radical (unpaired) electrons. The highest BCUT2D eigenvalue weighted by Gasteiger charge is 2.42. The van der Waals surface area contributed by atoms with Gasteiger partial charge in [-0.1, -0.05) is 47.5 Å². The molecule has 1 amide bonds. The normalized spacial score (nSPS) is 11.5. The predicted molar refractivity (Wildman–Crippen MR) is 117 cm³/mol. The summed E-state index contributed by atoms with van der Waals surface area (Å²) in [5.41, 5.74) is -1.56. The lowest BCUT2D eigenvalue weighted by Crippen LogP contribution is -2.27. The van der Waals surface area contributed by atoms with Crippen LogP contribution in [0.5, 0.6) is 0 Å². The molecule has 2 heterocycles. The summed E-state index contributed by atoms with van der Waals surface area (Å²) < 4.78 is 43.8. The molecule has 0 aliphatic heterocycles. The fourth-order valence-electron chi connectivity index (χ4n) is 3.45. The van der Waals surface area contributed by atoms with Crippen LogP contribution in [0.15, 0.2) is 60.9 Å². The standard InChI is InChI=1S/C22H13Cl2F3N4O2/c23-13-7-6-12(15(24)10-13)11-31-16-5-2-1-4-14(16)17(19(31)22(25,26)27)18(32)20(33)30-21-28-8-3-9-29-21/h1-10H,11H2,(H,28,29,30,33). The van der Waals surface area contributed by atoms with Gasteiger partial charge < -0.3 is 4.57 Å². The first-order valence-corrected chi connectivity index (χ1v) is 10.2. The molecule has 168 valence electrons. The highest BCUT2D eigenvalue weighted by atomic mass is 35.5. The largest absolute Gasteiger partial charge is 0.432 e. The van der Waals surface area contributed by atoms with E-state index in [1.54, 1.807) is 0 Å². The van der Waals surface area contributed by atoms with E-state index in [9.17, 15) is 22.8 Å². The summed E-state index contributed by atoms with van der Waals surface area (Å²) in [6.45, 7) is -0.304. The van der Waals surface area contributed by atoms with E-state index in [-0.39, 0.29) is 28.4 Å². The number of Topliss-reactive ketones (excluding diaryl/α,β-unsaturated/α-hetero) is 1. The van der Waals surface area contributed by atoms with Crippen LogP contribution in [-0.4, -0.2) is 26.2 Å². The molecule has 6 nitrogen and oxygen atoms in total. The lowest BCUT2D eigenvalue weighted by molar-refractivity contribution is -0.143. The van der Waals surface area contributed by atoms with Crippen molar-refractivity contribution in [2.75, 3.05) is 5.32 Å². The minimum absolute atomic E-state index is 0.0240. The van der Waals surface area contributed by atoms with Crippen LogP contribution in [0.25, 0.3) is 10.9 Å². The summed E-state index contributed by atoms with van der Waals surface area (Å²) in [5.74, 6) is -2.87.